The molecule has 0 heterocycles. The molecule has 0 fully saturated rings. The van der Waals surface area contributed by atoms with E-state index >= 15 is 0 Å². The molecule has 78 valence electrons. The van der Waals surface area contributed by atoms with Crippen LogP contribution in [0.25, 0.3) is 0 Å². The highest BCUT2D eigenvalue weighted by atomic mass is 32.2. The molecule has 0 radical (unpaired) electrons. The van der Waals surface area contributed by atoms with E-state index in [2.05, 4.69) is 4.72 Å². The predicted molar refractivity (Wildman–Crippen MR) is 57.6 cm³/mol. The van der Waals surface area contributed by atoms with Gasteiger partial charge in [0.05, 0.1) is 6.26 Å². The van der Waals surface area contributed by atoms with Gasteiger partial charge >= 0.3 is 0 Å². The first kappa shape index (κ1) is 11.2. The van der Waals surface area contributed by atoms with Crippen LogP contribution < -0.4 is 4.72 Å². The van der Waals surface area contributed by atoms with E-state index in [-0.39, 0.29) is 0 Å². The Bertz CT molecular complexity index is 424. The highest BCUT2D eigenvalue weighted by Gasteiger charge is 2.03. The van der Waals surface area contributed by atoms with Crippen molar-refractivity contribution in [3.8, 4) is 0 Å². The summed E-state index contributed by atoms with van der Waals surface area (Å²) in [6.45, 7) is 4.33. The van der Waals surface area contributed by atoms with Gasteiger partial charge in [0, 0.05) is 6.54 Å². The Morgan fingerprint density at radius 1 is 1.29 bits per heavy atom. The number of nitrogens with one attached hydrogen (secondary N) is 1. The summed E-state index contributed by atoms with van der Waals surface area (Å²) in [5.74, 6) is 0. The molecule has 4 heteroatoms. The van der Waals surface area contributed by atoms with Gasteiger partial charge in [-0.3, -0.25) is 0 Å². The highest BCUT2D eigenvalue weighted by Crippen LogP contribution is 2.10. The van der Waals surface area contributed by atoms with Crippen molar-refractivity contribution in [3.63, 3.8) is 0 Å². The molecular weight excluding hydrogens is 198 g/mol. The van der Waals surface area contributed by atoms with E-state index in [0.29, 0.717) is 6.54 Å². The van der Waals surface area contributed by atoms with Crippen molar-refractivity contribution >= 4 is 10.0 Å². The molecule has 0 saturated heterocycles. The van der Waals surface area contributed by atoms with E-state index in [9.17, 15) is 8.42 Å². The first-order valence-corrected chi connectivity index (χ1v) is 6.28. The van der Waals surface area contributed by atoms with E-state index in [1.165, 1.54) is 0 Å². The smallest absolute Gasteiger partial charge is 0.209 e. The number of benzene rings is 1. The third-order valence-corrected chi connectivity index (χ3v) is 2.70. The topological polar surface area (TPSA) is 46.2 Å². The Labute approximate surface area is 85.2 Å². The van der Waals surface area contributed by atoms with Crippen LogP contribution in [0.4, 0.5) is 0 Å². The minimum atomic E-state index is -3.10. The summed E-state index contributed by atoms with van der Waals surface area (Å²) >= 11 is 0. The zero-order chi connectivity index (χ0) is 10.8. The van der Waals surface area contributed by atoms with Crippen LogP contribution in [0.1, 0.15) is 16.7 Å². The molecule has 1 rings (SSSR count). The van der Waals surface area contributed by atoms with Crippen LogP contribution in [0.15, 0.2) is 18.2 Å². The van der Waals surface area contributed by atoms with Gasteiger partial charge in [0.25, 0.3) is 0 Å². The summed E-state index contributed by atoms with van der Waals surface area (Å²) in [6, 6.07) is 6.00. The Hall–Kier alpha value is -0.870. The van der Waals surface area contributed by atoms with Gasteiger partial charge in [0.15, 0.2) is 0 Å². The third kappa shape index (κ3) is 3.47. The van der Waals surface area contributed by atoms with Crippen LogP contribution in [0.3, 0.4) is 0 Å². The average molecular weight is 213 g/mol. The highest BCUT2D eigenvalue weighted by molar-refractivity contribution is 7.88. The van der Waals surface area contributed by atoms with Gasteiger partial charge < -0.3 is 0 Å². The molecular formula is C10H15NO2S. The van der Waals surface area contributed by atoms with Crippen LogP contribution in [0.5, 0.6) is 0 Å². The summed E-state index contributed by atoms with van der Waals surface area (Å²) in [6.07, 6.45) is 1.16. The molecule has 0 amide bonds. The zero-order valence-electron chi connectivity index (χ0n) is 8.66. The van der Waals surface area contributed by atoms with E-state index < -0.39 is 10.0 Å². The predicted octanol–water partition coefficient (Wildman–Crippen LogP) is 1.35. The summed E-state index contributed by atoms with van der Waals surface area (Å²) < 4.78 is 24.3. The molecule has 14 heavy (non-hydrogen) atoms. The Morgan fingerprint density at radius 3 is 2.50 bits per heavy atom. The lowest BCUT2D eigenvalue weighted by Gasteiger charge is -2.07. The fourth-order valence-electron chi connectivity index (χ4n) is 1.20. The van der Waals surface area contributed by atoms with E-state index in [1.807, 2.05) is 32.0 Å². The third-order valence-electron chi connectivity index (χ3n) is 2.03. The lowest BCUT2D eigenvalue weighted by molar-refractivity contribution is 0.587. The number of hydrogen-bond donors (Lipinski definition) is 1. The normalized spacial score (nSPS) is 11.6. The minimum absolute atomic E-state index is 0.367. The molecule has 0 aliphatic rings. The quantitative estimate of drug-likeness (QED) is 0.824. The molecule has 0 atom stereocenters. The Balaban J connectivity index is 2.81. The van der Waals surface area contributed by atoms with Crippen molar-refractivity contribution < 1.29 is 8.42 Å². The number of aryl methyl sites for hydroxylation is 2. The first-order valence-electron chi connectivity index (χ1n) is 4.39. The summed E-state index contributed by atoms with van der Waals surface area (Å²) in [4.78, 5) is 0. The largest absolute Gasteiger partial charge is 0.213 e. The lowest BCUT2D eigenvalue weighted by Crippen LogP contribution is -2.21. The Morgan fingerprint density at radius 2 is 1.93 bits per heavy atom. The van der Waals surface area contributed by atoms with Crippen molar-refractivity contribution in [1.82, 2.24) is 4.72 Å². The average Bonchev–Trinajstić information content (AvgIpc) is 2.05. The van der Waals surface area contributed by atoms with E-state index in [1.54, 1.807) is 0 Å². The van der Waals surface area contributed by atoms with Gasteiger partial charge in [-0.2, -0.15) is 0 Å². The van der Waals surface area contributed by atoms with Crippen molar-refractivity contribution in [2.24, 2.45) is 0 Å². The Kier molecular flexibility index (Phi) is 3.29. The van der Waals surface area contributed by atoms with Crippen LogP contribution in [0.2, 0.25) is 0 Å². The second-order valence-electron chi connectivity index (χ2n) is 3.52. The van der Waals surface area contributed by atoms with Crippen LogP contribution >= 0.6 is 0 Å². The number of hydrogen-bond acceptors (Lipinski definition) is 2. The molecule has 1 aromatic rings. The van der Waals surface area contributed by atoms with Gasteiger partial charge in [-0.05, 0) is 25.0 Å². The first-order chi connectivity index (χ1) is 6.38. The molecule has 3 nitrogen and oxygen atoms in total. The summed E-state index contributed by atoms with van der Waals surface area (Å²) in [5, 5.41) is 0. The number of sulfonamides is 1. The standard InChI is InChI=1S/C10H15NO2S/c1-8-4-5-9(2)10(6-8)7-11-14(3,12)13/h4-6,11H,7H2,1-3H3. The molecule has 0 aliphatic heterocycles. The maximum absolute atomic E-state index is 10.9. The molecule has 0 bridgehead atoms. The SMILES string of the molecule is Cc1ccc(C)c(CNS(C)(=O)=O)c1. The molecule has 0 saturated carbocycles. The molecule has 1 N–H and O–H groups in total. The van der Waals surface area contributed by atoms with Gasteiger partial charge in [0.2, 0.25) is 10.0 Å². The molecule has 0 aliphatic carbocycles. The minimum Gasteiger partial charge on any atom is -0.213 e. The molecule has 0 aromatic heterocycles. The van der Waals surface area contributed by atoms with Crippen LogP contribution in [0, 0.1) is 13.8 Å². The van der Waals surface area contributed by atoms with Crippen molar-refractivity contribution in [3.05, 3.63) is 34.9 Å². The molecule has 0 unspecified atom stereocenters. The molecule has 0 spiro atoms. The zero-order valence-corrected chi connectivity index (χ0v) is 9.48. The number of rotatable bonds is 3. The second kappa shape index (κ2) is 4.11. The van der Waals surface area contributed by atoms with Gasteiger partial charge in [-0.1, -0.05) is 23.8 Å². The molecule has 1 aromatic carbocycles. The lowest BCUT2D eigenvalue weighted by atomic mass is 10.1. The summed E-state index contributed by atoms with van der Waals surface area (Å²) in [7, 11) is -3.10. The maximum atomic E-state index is 10.9. The second-order valence-corrected chi connectivity index (χ2v) is 5.36. The van der Waals surface area contributed by atoms with E-state index in [4.69, 9.17) is 0 Å². The monoisotopic (exact) mass is 213 g/mol. The van der Waals surface area contributed by atoms with Crippen LogP contribution in [-0.2, 0) is 16.6 Å². The maximum Gasteiger partial charge on any atom is 0.209 e. The van der Waals surface area contributed by atoms with Crippen molar-refractivity contribution in [1.29, 1.82) is 0 Å². The fraction of sp³-hybridized carbons (Fsp3) is 0.400. The summed E-state index contributed by atoms with van der Waals surface area (Å²) in [5.41, 5.74) is 3.27. The van der Waals surface area contributed by atoms with Crippen LogP contribution in [-0.4, -0.2) is 14.7 Å². The van der Waals surface area contributed by atoms with Gasteiger partial charge in [-0.15, -0.1) is 0 Å². The van der Waals surface area contributed by atoms with Crippen molar-refractivity contribution in [2.75, 3.05) is 6.26 Å². The fourth-order valence-corrected chi connectivity index (χ4v) is 1.62. The van der Waals surface area contributed by atoms with Gasteiger partial charge in [0.1, 0.15) is 0 Å². The van der Waals surface area contributed by atoms with E-state index in [0.717, 1.165) is 22.9 Å². The van der Waals surface area contributed by atoms with Crippen molar-refractivity contribution in [2.45, 2.75) is 20.4 Å². The van der Waals surface area contributed by atoms with Gasteiger partial charge in [-0.25, -0.2) is 13.1 Å².